The number of rotatable bonds is 3. The fourth-order valence-corrected chi connectivity index (χ4v) is 1.85. The maximum atomic E-state index is 9.12. The molecule has 0 spiro atoms. The second kappa shape index (κ2) is 5.51. The van der Waals surface area contributed by atoms with Gasteiger partial charge in [0.05, 0.1) is 11.3 Å². The Morgan fingerprint density at radius 1 is 1.26 bits per heavy atom. The molecule has 2 aromatic rings. The molecule has 0 aliphatic heterocycles. The van der Waals surface area contributed by atoms with Crippen LogP contribution in [0.1, 0.15) is 24.1 Å². The maximum absolute atomic E-state index is 9.12. The van der Waals surface area contributed by atoms with Gasteiger partial charge in [0.2, 0.25) is 0 Å². The number of nitrogens with zero attached hydrogens (tertiary/aromatic N) is 3. The minimum Gasteiger partial charge on any atom is -0.328 e. The number of aromatic nitrogens is 1. The van der Waals surface area contributed by atoms with Crippen LogP contribution in [0, 0.1) is 11.3 Å². The summed E-state index contributed by atoms with van der Waals surface area (Å²) in [6.45, 7) is 1.92. The molecular weight excluding hydrogens is 236 g/mol. The molecule has 0 aliphatic rings. The third-order valence-corrected chi connectivity index (χ3v) is 3.03. The van der Waals surface area contributed by atoms with Gasteiger partial charge in [-0.05, 0) is 30.7 Å². The van der Waals surface area contributed by atoms with Gasteiger partial charge in [0, 0.05) is 19.3 Å². The zero-order valence-electron chi connectivity index (χ0n) is 11.0. The predicted octanol–water partition coefficient (Wildman–Crippen LogP) is 2.74. The summed E-state index contributed by atoms with van der Waals surface area (Å²) < 4.78 is 0. The lowest BCUT2D eigenvalue weighted by atomic mass is 10.1. The SMILES string of the molecule is C[C@@H](N)c1ccc(N(C)c2ccccc2C#N)nc1. The first-order valence-corrected chi connectivity index (χ1v) is 6.08. The number of hydrogen-bond donors (Lipinski definition) is 1. The van der Waals surface area contributed by atoms with Gasteiger partial charge in [0.1, 0.15) is 11.9 Å². The van der Waals surface area contributed by atoms with Crippen LogP contribution in [-0.4, -0.2) is 12.0 Å². The van der Waals surface area contributed by atoms with Crippen molar-refractivity contribution in [2.45, 2.75) is 13.0 Å². The van der Waals surface area contributed by atoms with Gasteiger partial charge in [0.15, 0.2) is 0 Å². The van der Waals surface area contributed by atoms with Crippen molar-refractivity contribution in [3.63, 3.8) is 0 Å². The van der Waals surface area contributed by atoms with Crippen molar-refractivity contribution in [3.05, 3.63) is 53.7 Å². The molecule has 0 radical (unpaired) electrons. The van der Waals surface area contributed by atoms with Crippen molar-refractivity contribution in [2.24, 2.45) is 5.73 Å². The number of nitriles is 1. The van der Waals surface area contributed by atoms with Gasteiger partial charge in [-0.25, -0.2) is 4.98 Å². The molecule has 96 valence electrons. The highest BCUT2D eigenvalue weighted by Gasteiger charge is 2.10. The Morgan fingerprint density at radius 2 is 2.00 bits per heavy atom. The van der Waals surface area contributed by atoms with Crippen LogP contribution < -0.4 is 10.6 Å². The molecule has 0 bridgehead atoms. The fourth-order valence-electron chi connectivity index (χ4n) is 1.85. The van der Waals surface area contributed by atoms with Gasteiger partial charge in [-0.3, -0.25) is 0 Å². The number of nitrogens with two attached hydrogens (primary N) is 1. The molecule has 4 heteroatoms. The smallest absolute Gasteiger partial charge is 0.132 e. The van der Waals surface area contributed by atoms with Crippen molar-refractivity contribution in [1.29, 1.82) is 5.26 Å². The molecule has 0 saturated carbocycles. The van der Waals surface area contributed by atoms with E-state index in [0.717, 1.165) is 17.1 Å². The van der Waals surface area contributed by atoms with E-state index in [2.05, 4.69) is 11.1 Å². The van der Waals surface area contributed by atoms with Gasteiger partial charge in [-0.2, -0.15) is 5.26 Å². The molecule has 0 fully saturated rings. The van der Waals surface area contributed by atoms with E-state index in [0.29, 0.717) is 5.56 Å². The first-order valence-electron chi connectivity index (χ1n) is 6.08. The second-order valence-electron chi connectivity index (χ2n) is 4.43. The van der Waals surface area contributed by atoms with E-state index in [9.17, 15) is 0 Å². The van der Waals surface area contributed by atoms with Crippen molar-refractivity contribution >= 4 is 11.5 Å². The summed E-state index contributed by atoms with van der Waals surface area (Å²) >= 11 is 0. The third-order valence-electron chi connectivity index (χ3n) is 3.03. The van der Waals surface area contributed by atoms with Crippen LogP contribution in [0.2, 0.25) is 0 Å². The Kier molecular flexibility index (Phi) is 3.79. The quantitative estimate of drug-likeness (QED) is 0.912. The normalized spacial score (nSPS) is 11.7. The number of para-hydroxylation sites is 1. The lowest BCUT2D eigenvalue weighted by Crippen LogP contribution is -2.13. The van der Waals surface area contributed by atoms with E-state index in [1.807, 2.05) is 49.2 Å². The molecule has 0 amide bonds. The van der Waals surface area contributed by atoms with Crippen LogP contribution in [0.25, 0.3) is 0 Å². The molecule has 1 heterocycles. The summed E-state index contributed by atoms with van der Waals surface area (Å²) in [5.74, 6) is 0.784. The van der Waals surface area contributed by atoms with E-state index >= 15 is 0 Å². The maximum Gasteiger partial charge on any atom is 0.132 e. The van der Waals surface area contributed by atoms with E-state index in [4.69, 9.17) is 11.0 Å². The Balaban J connectivity index is 2.34. The van der Waals surface area contributed by atoms with Gasteiger partial charge >= 0.3 is 0 Å². The summed E-state index contributed by atoms with van der Waals surface area (Å²) in [6, 6.07) is 13.5. The molecule has 0 unspecified atom stereocenters. The minimum atomic E-state index is -0.0294. The molecule has 19 heavy (non-hydrogen) atoms. The molecule has 0 saturated heterocycles. The molecule has 1 aromatic carbocycles. The Hall–Kier alpha value is -2.38. The highest BCUT2D eigenvalue weighted by atomic mass is 15.2. The summed E-state index contributed by atoms with van der Waals surface area (Å²) in [5, 5.41) is 9.12. The molecule has 2 N–H and O–H groups in total. The van der Waals surface area contributed by atoms with Crippen molar-refractivity contribution < 1.29 is 0 Å². The number of anilines is 2. The van der Waals surface area contributed by atoms with Crippen LogP contribution >= 0.6 is 0 Å². The highest BCUT2D eigenvalue weighted by Crippen LogP contribution is 2.25. The lowest BCUT2D eigenvalue weighted by Gasteiger charge is -2.19. The van der Waals surface area contributed by atoms with Gasteiger partial charge in [0.25, 0.3) is 0 Å². The minimum absolute atomic E-state index is 0.0294. The summed E-state index contributed by atoms with van der Waals surface area (Å²) in [6.07, 6.45) is 1.77. The van der Waals surface area contributed by atoms with Crippen molar-refractivity contribution in [3.8, 4) is 6.07 Å². The zero-order chi connectivity index (χ0) is 13.8. The van der Waals surface area contributed by atoms with Crippen LogP contribution in [-0.2, 0) is 0 Å². The third kappa shape index (κ3) is 2.72. The highest BCUT2D eigenvalue weighted by molar-refractivity contribution is 5.66. The van der Waals surface area contributed by atoms with Crippen molar-refractivity contribution in [2.75, 3.05) is 11.9 Å². The standard InChI is InChI=1S/C15H16N4/c1-11(17)13-7-8-15(18-10-13)19(2)14-6-4-3-5-12(14)9-16/h3-8,10-11H,17H2,1-2H3/t11-/m1/s1. The van der Waals surface area contributed by atoms with Gasteiger partial charge in [-0.1, -0.05) is 18.2 Å². The molecule has 2 rings (SSSR count). The van der Waals surface area contributed by atoms with Crippen LogP contribution in [0.15, 0.2) is 42.6 Å². The zero-order valence-corrected chi connectivity index (χ0v) is 11.0. The molecular formula is C15H16N4. The van der Waals surface area contributed by atoms with E-state index in [1.54, 1.807) is 12.3 Å². The van der Waals surface area contributed by atoms with Crippen LogP contribution in [0.4, 0.5) is 11.5 Å². The molecule has 1 aromatic heterocycles. The molecule has 4 nitrogen and oxygen atoms in total. The second-order valence-corrected chi connectivity index (χ2v) is 4.43. The molecule has 0 aliphatic carbocycles. The first kappa shape index (κ1) is 13.1. The van der Waals surface area contributed by atoms with E-state index in [-0.39, 0.29) is 6.04 Å². The Morgan fingerprint density at radius 3 is 2.58 bits per heavy atom. The van der Waals surface area contributed by atoms with Gasteiger partial charge < -0.3 is 10.6 Å². The van der Waals surface area contributed by atoms with E-state index < -0.39 is 0 Å². The van der Waals surface area contributed by atoms with Crippen molar-refractivity contribution in [1.82, 2.24) is 4.98 Å². The van der Waals surface area contributed by atoms with Gasteiger partial charge in [-0.15, -0.1) is 0 Å². The number of benzene rings is 1. The Labute approximate surface area is 113 Å². The summed E-state index contributed by atoms with van der Waals surface area (Å²) in [7, 11) is 1.89. The van der Waals surface area contributed by atoms with Crippen LogP contribution in [0.3, 0.4) is 0 Å². The number of hydrogen-bond acceptors (Lipinski definition) is 4. The lowest BCUT2D eigenvalue weighted by molar-refractivity contribution is 0.811. The fraction of sp³-hybridized carbons (Fsp3) is 0.200. The first-order chi connectivity index (χ1) is 9.13. The monoisotopic (exact) mass is 252 g/mol. The largest absolute Gasteiger partial charge is 0.328 e. The van der Waals surface area contributed by atoms with E-state index in [1.165, 1.54) is 0 Å². The summed E-state index contributed by atoms with van der Waals surface area (Å²) in [5.41, 5.74) is 8.26. The predicted molar refractivity (Wildman–Crippen MR) is 76.1 cm³/mol. The molecule has 1 atom stereocenters. The number of pyridine rings is 1. The Bertz CT molecular complexity index is 596. The summed E-state index contributed by atoms with van der Waals surface area (Å²) in [4.78, 5) is 6.28. The average molecular weight is 252 g/mol. The average Bonchev–Trinajstić information content (AvgIpc) is 2.46. The topological polar surface area (TPSA) is 65.9 Å². The van der Waals surface area contributed by atoms with Crippen LogP contribution in [0.5, 0.6) is 0 Å².